The van der Waals surface area contributed by atoms with Crippen LogP contribution in [0.4, 0.5) is 0 Å². The van der Waals surface area contributed by atoms with Crippen LogP contribution in [0.5, 0.6) is 11.5 Å². The first-order valence-electron chi connectivity index (χ1n) is 13.8. The zero-order valence-electron chi connectivity index (χ0n) is 23.4. The topological polar surface area (TPSA) is 109 Å². The third kappa shape index (κ3) is 5.58. The van der Waals surface area contributed by atoms with Crippen LogP contribution in [0.2, 0.25) is 0 Å². The molecule has 1 amide bonds. The van der Waals surface area contributed by atoms with Crippen molar-refractivity contribution in [3.05, 3.63) is 57.9 Å². The summed E-state index contributed by atoms with van der Waals surface area (Å²) in [5.74, 6) is 0.811. The highest BCUT2D eigenvalue weighted by Crippen LogP contribution is 2.34. The highest BCUT2D eigenvalue weighted by molar-refractivity contribution is 7.99. The second-order valence-corrected chi connectivity index (χ2v) is 12.5. The minimum atomic E-state index is -0.568. The van der Waals surface area contributed by atoms with Crippen LogP contribution < -0.4 is 15.0 Å². The fourth-order valence-corrected chi connectivity index (χ4v) is 6.33. The summed E-state index contributed by atoms with van der Waals surface area (Å²) in [6.45, 7) is 8.22. The molecule has 0 N–H and O–H groups in total. The molecule has 6 rings (SSSR count). The summed E-state index contributed by atoms with van der Waals surface area (Å²) >= 11 is 1.23. The van der Waals surface area contributed by atoms with Gasteiger partial charge in [-0.05, 0) is 35.9 Å². The van der Waals surface area contributed by atoms with Crippen LogP contribution in [-0.4, -0.2) is 70.8 Å². The largest absolute Gasteiger partial charge is 0.454 e. The lowest BCUT2D eigenvalue weighted by atomic mass is 9.92. The normalized spacial score (nSPS) is 17.9. The Morgan fingerprint density at radius 2 is 1.73 bits per heavy atom. The number of amides is 1. The molecule has 10 nitrogen and oxygen atoms in total. The molecule has 11 heteroatoms. The van der Waals surface area contributed by atoms with Crippen molar-refractivity contribution in [2.45, 2.75) is 51.1 Å². The van der Waals surface area contributed by atoms with Crippen LogP contribution in [0, 0.1) is 5.41 Å². The van der Waals surface area contributed by atoms with Gasteiger partial charge in [-0.2, -0.15) is 0 Å². The van der Waals surface area contributed by atoms with E-state index in [0.717, 1.165) is 5.56 Å². The Labute approximate surface area is 241 Å². The highest BCUT2D eigenvalue weighted by atomic mass is 32.2. The molecule has 0 saturated carbocycles. The molecule has 3 aliphatic rings. The number of rotatable bonds is 6. The number of piperidine rings is 1. The number of benzene rings is 2. The van der Waals surface area contributed by atoms with Gasteiger partial charge >= 0.3 is 0 Å². The van der Waals surface area contributed by atoms with Crippen molar-refractivity contribution < 1.29 is 28.5 Å². The summed E-state index contributed by atoms with van der Waals surface area (Å²) in [4.78, 5) is 46.6. The van der Waals surface area contributed by atoms with E-state index in [9.17, 15) is 14.4 Å². The monoisotopic (exact) mass is 579 g/mol. The summed E-state index contributed by atoms with van der Waals surface area (Å²) in [6.07, 6.45) is 1.25. The standard InChI is InChI=1S/C30H33N3O7S/c1-29(2,3)25(34)17-41-28-31-22-15-20(26(35)32-10-8-30(9-11-32)39-12-13-40-30)5-6-21(22)27(36)33(28)16-19-4-7-23-24(14-19)38-18-37-23/h4-7,14-15H,8-13,16-18H2,1-3H3. The van der Waals surface area contributed by atoms with Crippen molar-refractivity contribution in [3.63, 3.8) is 0 Å². The third-order valence-corrected chi connectivity index (χ3v) is 8.72. The number of ether oxygens (including phenoxy) is 4. The molecule has 3 aliphatic heterocycles. The van der Waals surface area contributed by atoms with Gasteiger partial charge in [0.25, 0.3) is 11.5 Å². The van der Waals surface area contributed by atoms with Gasteiger partial charge in [-0.3, -0.25) is 19.0 Å². The molecule has 3 aromatic rings. The van der Waals surface area contributed by atoms with Gasteiger partial charge in [0.1, 0.15) is 5.78 Å². The van der Waals surface area contributed by atoms with Gasteiger partial charge in [-0.1, -0.05) is 38.6 Å². The minimum Gasteiger partial charge on any atom is -0.454 e. The minimum absolute atomic E-state index is 0.0495. The molecule has 1 spiro atoms. The quantitative estimate of drug-likeness (QED) is 0.318. The van der Waals surface area contributed by atoms with Gasteiger partial charge < -0.3 is 23.8 Å². The van der Waals surface area contributed by atoms with Gasteiger partial charge in [0.15, 0.2) is 22.4 Å². The maximum absolute atomic E-state index is 13.8. The van der Waals surface area contributed by atoms with E-state index in [-0.39, 0.29) is 36.3 Å². The van der Waals surface area contributed by atoms with Crippen LogP contribution in [0.1, 0.15) is 49.5 Å². The molecule has 41 heavy (non-hydrogen) atoms. The first-order valence-corrected chi connectivity index (χ1v) is 14.8. The molecule has 0 aliphatic carbocycles. The molecule has 0 atom stereocenters. The zero-order chi connectivity index (χ0) is 28.8. The number of carbonyl (C=O) groups is 2. The van der Waals surface area contributed by atoms with Crippen molar-refractivity contribution in [1.29, 1.82) is 0 Å². The maximum atomic E-state index is 13.8. The number of likely N-dealkylation sites (tertiary alicyclic amines) is 1. The molecule has 216 valence electrons. The van der Waals surface area contributed by atoms with Crippen LogP contribution in [0.25, 0.3) is 10.9 Å². The Morgan fingerprint density at radius 1 is 1.00 bits per heavy atom. The smallest absolute Gasteiger partial charge is 0.262 e. The predicted octanol–water partition coefficient (Wildman–Crippen LogP) is 3.86. The molecule has 2 aromatic carbocycles. The van der Waals surface area contributed by atoms with Gasteiger partial charge in [-0.15, -0.1) is 0 Å². The summed E-state index contributed by atoms with van der Waals surface area (Å²) in [6, 6.07) is 10.6. The Morgan fingerprint density at radius 3 is 2.46 bits per heavy atom. The summed E-state index contributed by atoms with van der Waals surface area (Å²) in [5.41, 5.74) is 0.959. The second-order valence-electron chi connectivity index (χ2n) is 11.6. The van der Waals surface area contributed by atoms with Gasteiger partial charge in [0, 0.05) is 36.9 Å². The molecule has 0 unspecified atom stereocenters. The number of nitrogens with zero attached hydrogens (tertiary/aromatic N) is 3. The summed E-state index contributed by atoms with van der Waals surface area (Å²) < 4.78 is 24.1. The van der Waals surface area contributed by atoms with E-state index in [2.05, 4.69) is 0 Å². The number of ketones is 1. The zero-order valence-corrected chi connectivity index (χ0v) is 24.3. The lowest BCUT2D eigenvalue weighted by Gasteiger charge is -2.37. The number of hydrogen-bond acceptors (Lipinski definition) is 9. The van der Waals surface area contributed by atoms with Crippen molar-refractivity contribution in [3.8, 4) is 11.5 Å². The Kier molecular flexibility index (Phi) is 7.29. The fourth-order valence-electron chi connectivity index (χ4n) is 5.17. The molecule has 2 fully saturated rings. The maximum Gasteiger partial charge on any atom is 0.262 e. The Bertz CT molecular complexity index is 1560. The van der Waals surface area contributed by atoms with E-state index >= 15 is 0 Å². The van der Waals surface area contributed by atoms with E-state index in [1.54, 1.807) is 27.7 Å². The first kappa shape index (κ1) is 27.7. The Hall–Kier alpha value is -3.41. The number of fused-ring (bicyclic) bond motifs is 2. The van der Waals surface area contributed by atoms with Crippen LogP contribution in [-0.2, 0) is 20.8 Å². The average Bonchev–Trinajstić information content (AvgIpc) is 3.62. The fraction of sp³-hybridized carbons (Fsp3) is 0.467. The van der Waals surface area contributed by atoms with Crippen molar-refractivity contribution >= 4 is 34.4 Å². The molecule has 2 saturated heterocycles. The van der Waals surface area contributed by atoms with E-state index in [1.807, 2.05) is 39.0 Å². The number of thioether (sulfide) groups is 1. The highest BCUT2D eigenvalue weighted by Gasteiger charge is 2.41. The van der Waals surface area contributed by atoms with Gasteiger partial charge in [0.05, 0.1) is 36.4 Å². The molecular weight excluding hydrogens is 546 g/mol. The summed E-state index contributed by atoms with van der Waals surface area (Å²) in [5, 5.41) is 0.817. The van der Waals surface area contributed by atoms with Crippen molar-refractivity contribution in [1.82, 2.24) is 14.5 Å². The molecule has 1 aromatic heterocycles. The van der Waals surface area contributed by atoms with E-state index in [4.69, 9.17) is 23.9 Å². The lowest BCUT2D eigenvalue weighted by molar-refractivity contribution is -0.181. The van der Waals surface area contributed by atoms with Gasteiger partial charge in [-0.25, -0.2) is 4.98 Å². The van der Waals surface area contributed by atoms with Crippen LogP contribution >= 0.6 is 11.8 Å². The van der Waals surface area contributed by atoms with E-state index in [1.165, 1.54) is 11.8 Å². The molecule has 0 bridgehead atoms. The van der Waals surface area contributed by atoms with Crippen molar-refractivity contribution in [2.75, 3.05) is 38.8 Å². The molecule has 0 radical (unpaired) electrons. The lowest BCUT2D eigenvalue weighted by Crippen LogP contribution is -2.47. The van der Waals surface area contributed by atoms with Crippen LogP contribution in [0.3, 0.4) is 0 Å². The van der Waals surface area contributed by atoms with E-state index in [0.29, 0.717) is 72.3 Å². The average molecular weight is 580 g/mol. The molecular formula is C30H33N3O7S. The second kappa shape index (κ2) is 10.8. The first-order chi connectivity index (χ1) is 19.6. The van der Waals surface area contributed by atoms with E-state index < -0.39 is 11.2 Å². The number of hydrogen-bond donors (Lipinski definition) is 0. The predicted molar refractivity (Wildman–Crippen MR) is 153 cm³/mol. The summed E-state index contributed by atoms with van der Waals surface area (Å²) in [7, 11) is 0. The number of carbonyl (C=O) groups excluding carboxylic acids is 2. The third-order valence-electron chi connectivity index (χ3n) is 7.74. The number of Topliss-reactive ketones (excluding diaryl/α,β-unsaturated/α-hetero) is 1. The number of aromatic nitrogens is 2. The molecule has 4 heterocycles. The van der Waals surface area contributed by atoms with Crippen LogP contribution in [0.15, 0.2) is 46.3 Å². The SMILES string of the molecule is CC(C)(C)C(=O)CSc1nc2cc(C(=O)N3CCC4(CC3)OCCO4)ccc2c(=O)n1Cc1ccc2c(c1)OCO2. The van der Waals surface area contributed by atoms with Crippen molar-refractivity contribution in [2.24, 2.45) is 5.41 Å². The Balaban J connectivity index is 1.31. The van der Waals surface area contributed by atoms with Gasteiger partial charge in [0.2, 0.25) is 6.79 Å².